The summed E-state index contributed by atoms with van der Waals surface area (Å²) in [5, 5.41) is 12.8. The first-order valence-electron chi connectivity index (χ1n) is 8.82. The molecule has 1 saturated carbocycles. The monoisotopic (exact) mass is 479 g/mol. The van der Waals surface area contributed by atoms with Crippen molar-refractivity contribution in [2.24, 2.45) is 4.99 Å². The van der Waals surface area contributed by atoms with Crippen LogP contribution in [0.2, 0.25) is 0 Å². The van der Waals surface area contributed by atoms with E-state index >= 15 is 0 Å². The number of aryl methyl sites for hydroxylation is 1. The molecule has 0 radical (unpaired) electrons. The van der Waals surface area contributed by atoms with E-state index in [0.29, 0.717) is 19.0 Å². The van der Waals surface area contributed by atoms with E-state index in [-0.39, 0.29) is 29.9 Å². The second kappa shape index (κ2) is 12.5. The number of hydrogen-bond donors (Lipinski definition) is 3. The van der Waals surface area contributed by atoms with Crippen molar-refractivity contribution in [2.45, 2.75) is 57.9 Å². The van der Waals surface area contributed by atoms with Crippen LogP contribution in [0.15, 0.2) is 10.4 Å². The van der Waals surface area contributed by atoms with Crippen LogP contribution in [-0.4, -0.2) is 43.0 Å². The zero-order valence-electron chi connectivity index (χ0n) is 15.1. The molecular formula is C17H30IN5OS. The van der Waals surface area contributed by atoms with Crippen molar-refractivity contribution in [3.8, 4) is 0 Å². The highest BCUT2D eigenvalue weighted by Crippen LogP contribution is 2.17. The fraction of sp³-hybridized carbons (Fsp3) is 0.706. The molecule has 8 heteroatoms. The lowest BCUT2D eigenvalue weighted by Crippen LogP contribution is -2.41. The van der Waals surface area contributed by atoms with Gasteiger partial charge in [-0.3, -0.25) is 9.79 Å². The third-order valence-electron chi connectivity index (χ3n) is 4.18. The van der Waals surface area contributed by atoms with Gasteiger partial charge in [-0.1, -0.05) is 19.3 Å². The molecule has 1 aliphatic rings. The van der Waals surface area contributed by atoms with Gasteiger partial charge in [0.2, 0.25) is 5.91 Å². The fourth-order valence-corrected chi connectivity index (χ4v) is 3.54. The van der Waals surface area contributed by atoms with Crippen LogP contribution < -0.4 is 16.0 Å². The van der Waals surface area contributed by atoms with Crippen LogP contribution in [0.1, 0.15) is 49.2 Å². The van der Waals surface area contributed by atoms with E-state index < -0.39 is 0 Å². The number of aromatic nitrogens is 1. The summed E-state index contributed by atoms with van der Waals surface area (Å²) >= 11 is 1.67. The Morgan fingerprint density at radius 1 is 1.28 bits per heavy atom. The molecule has 0 unspecified atom stereocenters. The molecule has 0 spiro atoms. The Bertz CT molecular complexity index is 543. The lowest BCUT2D eigenvalue weighted by Gasteiger charge is -2.22. The van der Waals surface area contributed by atoms with Crippen molar-refractivity contribution >= 4 is 47.2 Å². The molecule has 25 heavy (non-hydrogen) atoms. The number of nitrogens with one attached hydrogen (secondary N) is 3. The Morgan fingerprint density at radius 2 is 2.00 bits per heavy atom. The Labute approximate surface area is 171 Å². The van der Waals surface area contributed by atoms with Crippen molar-refractivity contribution in [3.05, 3.63) is 16.1 Å². The van der Waals surface area contributed by atoms with E-state index in [1.807, 2.05) is 6.92 Å². The molecule has 1 aliphatic carbocycles. The zero-order chi connectivity index (χ0) is 17.2. The summed E-state index contributed by atoms with van der Waals surface area (Å²) in [6.07, 6.45) is 7.36. The molecule has 2 rings (SSSR count). The first-order valence-corrected chi connectivity index (χ1v) is 9.70. The summed E-state index contributed by atoms with van der Waals surface area (Å²) in [7, 11) is 1.74. The van der Waals surface area contributed by atoms with Crippen LogP contribution in [0.5, 0.6) is 0 Å². The first kappa shape index (κ1) is 22.1. The summed E-state index contributed by atoms with van der Waals surface area (Å²) in [6.45, 7) is 3.38. The summed E-state index contributed by atoms with van der Waals surface area (Å²) < 4.78 is 0. The topological polar surface area (TPSA) is 78.4 Å². The van der Waals surface area contributed by atoms with Gasteiger partial charge in [0.15, 0.2) is 5.96 Å². The smallest absolute Gasteiger partial charge is 0.221 e. The Balaban J connectivity index is 0.00000312. The summed E-state index contributed by atoms with van der Waals surface area (Å²) in [5.74, 6) is 0.857. The first-order chi connectivity index (χ1) is 11.7. The quantitative estimate of drug-likeness (QED) is 0.319. The maximum atomic E-state index is 12.0. The third kappa shape index (κ3) is 8.84. The van der Waals surface area contributed by atoms with Gasteiger partial charge in [0.1, 0.15) is 0 Å². The number of rotatable bonds is 7. The number of nitrogens with zero attached hydrogens (tertiary/aromatic N) is 2. The zero-order valence-corrected chi connectivity index (χ0v) is 18.3. The Kier molecular flexibility index (Phi) is 11.0. The summed E-state index contributed by atoms with van der Waals surface area (Å²) in [5.41, 5.74) is 1.10. The maximum Gasteiger partial charge on any atom is 0.221 e. The normalized spacial score (nSPS) is 15.4. The van der Waals surface area contributed by atoms with E-state index in [9.17, 15) is 4.79 Å². The molecule has 6 nitrogen and oxygen atoms in total. The molecule has 1 heterocycles. The Hall–Kier alpha value is -0.900. The number of amides is 1. The van der Waals surface area contributed by atoms with Gasteiger partial charge in [0.25, 0.3) is 0 Å². The fourth-order valence-electron chi connectivity index (χ4n) is 2.89. The number of carbonyl (C=O) groups excluding carboxylic acids is 1. The van der Waals surface area contributed by atoms with E-state index in [1.54, 1.807) is 18.4 Å². The third-order valence-corrected chi connectivity index (χ3v) is 5.00. The molecular weight excluding hydrogens is 449 g/mol. The molecule has 0 atom stereocenters. The molecule has 1 aromatic heterocycles. The lowest BCUT2D eigenvalue weighted by molar-refractivity contribution is -0.121. The van der Waals surface area contributed by atoms with Crippen LogP contribution >= 0.6 is 35.3 Å². The lowest BCUT2D eigenvalue weighted by atomic mass is 9.95. The standard InChI is InChI=1S/C17H29N5OS.HI/c1-13-21-15(12-24-13)8-10-19-17(18-2)20-11-9-16(23)22-14-6-4-3-5-7-14;/h12,14H,3-11H2,1-2H3,(H,22,23)(H2,18,19,20);1H. The second-order valence-electron chi connectivity index (χ2n) is 6.19. The van der Waals surface area contributed by atoms with Crippen molar-refractivity contribution in [2.75, 3.05) is 20.1 Å². The predicted octanol–water partition coefficient (Wildman–Crippen LogP) is 2.62. The minimum absolute atomic E-state index is 0. The molecule has 1 amide bonds. The molecule has 3 N–H and O–H groups in total. The molecule has 0 bridgehead atoms. The van der Waals surface area contributed by atoms with Crippen molar-refractivity contribution in [3.63, 3.8) is 0 Å². The average molecular weight is 479 g/mol. The highest BCUT2D eigenvalue weighted by atomic mass is 127. The maximum absolute atomic E-state index is 12.0. The molecule has 0 saturated heterocycles. The van der Waals surface area contributed by atoms with Crippen LogP contribution in [0.3, 0.4) is 0 Å². The van der Waals surface area contributed by atoms with E-state index in [4.69, 9.17) is 0 Å². The molecule has 0 aromatic carbocycles. The molecule has 1 aromatic rings. The second-order valence-corrected chi connectivity index (χ2v) is 7.25. The Morgan fingerprint density at radius 3 is 2.64 bits per heavy atom. The van der Waals surface area contributed by atoms with Crippen LogP contribution in [0, 0.1) is 6.92 Å². The van der Waals surface area contributed by atoms with Gasteiger partial charge in [-0.15, -0.1) is 35.3 Å². The van der Waals surface area contributed by atoms with Crippen molar-refractivity contribution < 1.29 is 4.79 Å². The van der Waals surface area contributed by atoms with Crippen LogP contribution in [0.25, 0.3) is 0 Å². The van der Waals surface area contributed by atoms with E-state index in [2.05, 4.69) is 31.3 Å². The molecule has 1 fully saturated rings. The van der Waals surface area contributed by atoms with Crippen LogP contribution in [-0.2, 0) is 11.2 Å². The highest BCUT2D eigenvalue weighted by Gasteiger charge is 2.15. The van der Waals surface area contributed by atoms with Gasteiger partial charge in [-0.2, -0.15) is 0 Å². The largest absolute Gasteiger partial charge is 0.356 e. The van der Waals surface area contributed by atoms with Crippen molar-refractivity contribution in [1.82, 2.24) is 20.9 Å². The minimum Gasteiger partial charge on any atom is -0.356 e. The average Bonchev–Trinajstić information content (AvgIpc) is 2.99. The van der Waals surface area contributed by atoms with Gasteiger partial charge in [-0.25, -0.2) is 4.98 Å². The van der Waals surface area contributed by atoms with Crippen LogP contribution in [0.4, 0.5) is 0 Å². The number of guanidine groups is 1. The predicted molar refractivity (Wildman–Crippen MR) is 115 cm³/mol. The van der Waals surface area contributed by atoms with Gasteiger partial charge >= 0.3 is 0 Å². The number of halogens is 1. The molecule has 0 aliphatic heterocycles. The number of hydrogen-bond acceptors (Lipinski definition) is 4. The highest BCUT2D eigenvalue weighted by molar-refractivity contribution is 14.0. The van der Waals surface area contributed by atoms with E-state index in [1.165, 1.54) is 19.3 Å². The van der Waals surface area contributed by atoms with E-state index in [0.717, 1.165) is 42.5 Å². The summed E-state index contributed by atoms with van der Waals surface area (Å²) in [6, 6.07) is 0.380. The number of aliphatic imine (C=N–C) groups is 1. The van der Waals surface area contributed by atoms with Crippen molar-refractivity contribution in [1.29, 1.82) is 0 Å². The number of carbonyl (C=O) groups is 1. The van der Waals surface area contributed by atoms with Gasteiger partial charge in [-0.05, 0) is 19.8 Å². The van der Waals surface area contributed by atoms with Gasteiger partial charge < -0.3 is 16.0 Å². The SMILES string of the molecule is CN=C(NCCC(=O)NC1CCCCC1)NCCc1csc(C)n1.I. The number of thiazole rings is 1. The summed E-state index contributed by atoms with van der Waals surface area (Å²) in [4.78, 5) is 20.6. The minimum atomic E-state index is 0. The molecule has 142 valence electrons. The van der Waals surface area contributed by atoms with Gasteiger partial charge in [0, 0.05) is 44.4 Å². The van der Waals surface area contributed by atoms with Gasteiger partial charge in [0.05, 0.1) is 10.7 Å².